The molecule has 0 aliphatic heterocycles. The van der Waals surface area contributed by atoms with Crippen LogP contribution in [0.2, 0.25) is 0 Å². The minimum atomic E-state index is -3.51. The molecule has 6 heteroatoms. The molecule has 96 valence electrons. The zero-order valence-corrected chi connectivity index (χ0v) is 10.7. The number of rotatable bonds is 4. The first-order chi connectivity index (χ1) is 8.45. The van der Waals surface area contributed by atoms with Crippen LogP contribution in [0.1, 0.15) is 24.8 Å². The van der Waals surface area contributed by atoms with E-state index in [2.05, 4.69) is 4.99 Å². The minimum absolute atomic E-state index is 0.255. The third-order valence-corrected chi connectivity index (χ3v) is 3.57. The highest BCUT2D eigenvalue weighted by Crippen LogP contribution is 2.44. The van der Waals surface area contributed by atoms with E-state index < -0.39 is 15.7 Å². The fourth-order valence-corrected chi connectivity index (χ4v) is 2.52. The van der Waals surface area contributed by atoms with Crippen LogP contribution in [0.15, 0.2) is 29.3 Å². The Morgan fingerprint density at radius 1 is 1.28 bits per heavy atom. The van der Waals surface area contributed by atoms with E-state index >= 15 is 0 Å². The average molecular weight is 267 g/mol. The van der Waals surface area contributed by atoms with E-state index in [9.17, 15) is 13.2 Å². The van der Waals surface area contributed by atoms with Gasteiger partial charge in [-0.25, -0.2) is 4.79 Å². The highest BCUT2D eigenvalue weighted by Gasteiger charge is 2.38. The molecule has 0 heterocycles. The van der Waals surface area contributed by atoms with E-state index in [0.29, 0.717) is 0 Å². The summed E-state index contributed by atoms with van der Waals surface area (Å²) in [5.74, 6) is 0.255. The van der Waals surface area contributed by atoms with Crippen molar-refractivity contribution < 1.29 is 17.4 Å². The van der Waals surface area contributed by atoms with Crippen LogP contribution in [0.25, 0.3) is 0 Å². The van der Waals surface area contributed by atoms with E-state index in [1.54, 1.807) is 30.3 Å². The number of carbonyl (C=O) groups excluding carboxylic acids is 1. The summed E-state index contributed by atoms with van der Waals surface area (Å²) in [7, 11) is -3.51. The van der Waals surface area contributed by atoms with E-state index in [0.717, 1.165) is 31.1 Å². The molecular formula is C12H13NO4S. The van der Waals surface area contributed by atoms with Crippen molar-refractivity contribution in [3.8, 4) is 5.75 Å². The summed E-state index contributed by atoms with van der Waals surface area (Å²) < 4.78 is 26.7. The number of benzene rings is 1. The second-order valence-corrected chi connectivity index (χ2v) is 5.97. The van der Waals surface area contributed by atoms with Gasteiger partial charge >= 0.3 is 10.1 Å². The van der Waals surface area contributed by atoms with Gasteiger partial charge < -0.3 is 4.18 Å². The molecule has 0 aromatic heterocycles. The van der Waals surface area contributed by atoms with E-state index in [1.165, 1.54) is 0 Å². The maximum absolute atomic E-state index is 11.0. The summed E-state index contributed by atoms with van der Waals surface area (Å²) in [4.78, 5) is 14.3. The summed E-state index contributed by atoms with van der Waals surface area (Å²) in [5.41, 5.74) is 0.420. The summed E-state index contributed by atoms with van der Waals surface area (Å²) >= 11 is 0. The molecule has 0 spiro atoms. The molecular weight excluding hydrogens is 254 g/mol. The van der Waals surface area contributed by atoms with Crippen molar-refractivity contribution in [2.75, 3.05) is 6.26 Å². The van der Waals surface area contributed by atoms with Crippen molar-refractivity contribution in [1.82, 2.24) is 0 Å². The minimum Gasteiger partial charge on any atom is -0.383 e. The molecule has 0 saturated heterocycles. The molecule has 0 radical (unpaired) electrons. The molecule has 0 bridgehead atoms. The van der Waals surface area contributed by atoms with Crippen LogP contribution in [-0.2, 0) is 20.5 Å². The molecule has 1 aliphatic rings. The van der Waals surface area contributed by atoms with Crippen molar-refractivity contribution in [2.24, 2.45) is 4.99 Å². The number of aliphatic imine (C=N–C) groups is 1. The molecule has 5 nitrogen and oxygen atoms in total. The first kappa shape index (κ1) is 12.8. The quantitative estimate of drug-likeness (QED) is 0.473. The number of hydrogen-bond acceptors (Lipinski definition) is 5. The summed E-state index contributed by atoms with van der Waals surface area (Å²) in [6, 6.07) is 6.61. The number of isocyanates is 1. The van der Waals surface area contributed by atoms with Crippen LogP contribution < -0.4 is 4.18 Å². The average Bonchev–Trinajstić information content (AvgIpc) is 2.23. The molecule has 0 unspecified atom stereocenters. The molecule has 1 aromatic rings. The van der Waals surface area contributed by atoms with E-state index in [-0.39, 0.29) is 5.75 Å². The zero-order valence-electron chi connectivity index (χ0n) is 9.92. The molecule has 1 fully saturated rings. The normalized spacial score (nSPS) is 17.4. The number of nitrogens with zero attached hydrogens (tertiary/aromatic N) is 1. The highest BCUT2D eigenvalue weighted by atomic mass is 32.2. The lowest BCUT2D eigenvalue weighted by Crippen LogP contribution is -2.31. The lowest BCUT2D eigenvalue weighted by atomic mass is 9.72. The molecule has 1 aliphatic carbocycles. The fourth-order valence-electron chi connectivity index (χ4n) is 2.06. The van der Waals surface area contributed by atoms with Crippen molar-refractivity contribution >= 4 is 16.2 Å². The van der Waals surface area contributed by atoms with Gasteiger partial charge in [0.25, 0.3) is 0 Å². The van der Waals surface area contributed by atoms with Crippen LogP contribution in [0, 0.1) is 0 Å². The SMILES string of the molecule is CS(=O)(=O)Oc1ccc(C2(N=C=O)CCC2)cc1. The van der Waals surface area contributed by atoms with Crippen LogP contribution in [0.3, 0.4) is 0 Å². The van der Waals surface area contributed by atoms with E-state index in [1.807, 2.05) is 0 Å². The summed E-state index contributed by atoms with van der Waals surface area (Å²) in [6.07, 6.45) is 5.25. The Labute approximate surface area is 106 Å². The Kier molecular flexibility index (Phi) is 3.24. The first-order valence-electron chi connectivity index (χ1n) is 5.54. The van der Waals surface area contributed by atoms with Gasteiger partial charge in [-0.3, -0.25) is 0 Å². The van der Waals surface area contributed by atoms with Crippen LogP contribution in [-0.4, -0.2) is 20.8 Å². The topological polar surface area (TPSA) is 72.8 Å². The van der Waals surface area contributed by atoms with Gasteiger partial charge in [0.2, 0.25) is 6.08 Å². The Bertz CT molecular complexity index is 581. The van der Waals surface area contributed by atoms with Gasteiger partial charge in [0, 0.05) is 0 Å². The number of hydrogen-bond donors (Lipinski definition) is 0. The summed E-state index contributed by atoms with van der Waals surface area (Å²) in [5, 5.41) is 0. The first-order valence-corrected chi connectivity index (χ1v) is 7.36. The maximum atomic E-state index is 11.0. The molecule has 0 N–H and O–H groups in total. The van der Waals surface area contributed by atoms with Gasteiger partial charge in [-0.05, 0) is 37.0 Å². The second kappa shape index (κ2) is 4.55. The lowest BCUT2D eigenvalue weighted by Gasteiger charge is -2.37. The van der Waals surface area contributed by atoms with Crippen LogP contribution >= 0.6 is 0 Å². The Hall–Kier alpha value is -1.65. The van der Waals surface area contributed by atoms with Gasteiger partial charge in [0.05, 0.1) is 11.8 Å². The predicted molar refractivity (Wildman–Crippen MR) is 65.6 cm³/mol. The van der Waals surface area contributed by atoms with E-state index in [4.69, 9.17) is 4.18 Å². The van der Waals surface area contributed by atoms with Crippen molar-refractivity contribution in [3.63, 3.8) is 0 Å². The predicted octanol–water partition coefficient (Wildman–Crippen LogP) is 1.74. The van der Waals surface area contributed by atoms with Crippen molar-refractivity contribution in [1.29, 1.82) is 0 Å². The molecule has 18 heavy (non-hydrogen) atoms. The third kappa shape index (κ3) is 2.60. The van der Waals surface area contributed by atoms with Crippen molar-refractivity contribution in [2.45, 2.75) is 24.8 Å². The molecule has 1 saturated carbocycles. The smallest absolute Gasteiger partial charge is 0.306 e. The Balaban J connectivity index is 2.25. The fraction of sp³-hybridized carbons (Fsp3) is 0.417. The maximum Gasteiger partial charge on any atom is 0.306 e. The van der Waals surface area contributed by atoms with Gasteiger partial charge in [0.15, 0.2) is 0 Å². The molecule has 1 aromatic carbocycles. The molecule has 0 amide bonds. The largest absolute Gasteiger partial charge is 0.383 e. The standard InChI is InChI=1S/C12H13NO4S/c1-18(15,16)17-11-5-3-10(4-6-11)12(13-9-14)7-2-8-12/h3-6H,2,7-8H2,1H3. The summed E-state index contributed by atoms with van der Waals surface area (Å²) in [6.45, 7) is 0. The third-order valence-electron chi connectivity index (χ3n) is 3.08. The van der Waals surface area contributed by atoms with Gasteiger partial charge in [0.1, 0.15) is 5.75 Å². The lowest BCUT2D eigenvalue weighted by molar-refractivity contribution is 0.256. The van der Waals surface area contributed by atoms with Gasteiger partial charge in [-0.2, -0.15) is 13.4 Å². The van der Waals surface area contributed by atoms with Crippen LogP contribution in [0.4, 0.5) is 0 Å². The Morgan fingerprint density at radius 3 is 2.28 bits per heavy atom. The Morgan fingerprint density at radius 2 is 1.89 bits per heavy atom. The monoisotopic (exact) mass is 267 g/mol. The van der Waals surface area contributed by atoms with Crippen molar-refractivity contribution in [3.05, 3.63) is 29.8 Å². The highest BCUT2D eigenvalue weighted by molar-refractivity contribution is 7.86. The van der Waals surface area contributed by atoms with Gasteiger partial charge in [-0.1, -0.05) is 12.1 Å². The van der Waals surface area contributed by atoms with Gasteiger partial charge in [-0.15, -0.1) is 0 Å². The zero-order chi connectivity index (χ0) is 13.2. The molecule has 2 rings (SSSR count). The second-order valence-electron chi connectivity index (χ2n) is 4.40. The van der Waals surface area contributed by atoms with Crippen LogP contribution in [0.5, 0.6) is 5.75 Å². The molecule has 0 atom stereocenters.